The molecule has 2 amide bonds. The summed E-state index contributed by atoms with van der Waals surface area (Å²) < 4.78 is 1.54. The van der Waals surface area contributed by atoms with Crippen molar-refractivity contribution in [3.05, 3.63) is 102 Å². The summed E-state index contributed by atoms with van der Waals surface area (Å²) in [6, 6.07) is 18.6. The van der Waals surface area contributed by atoms with Gasteiger partial charge in [0.1, 0.15) is 0 Å². The number of amides is 2. The predicted octanol–water partition coefficient (Wildman–Crippen LogP) is 2.88. The number of rotatable bonds is 6. The molecule has 1 unspecified atom stereocenters. The third-order valence-corrected chi connectivity index (χ3v) is 5.68. The lowest BCUT2D eigenvalue weighted by Crippen LogP contribution is -2.38. The minimum Gasteiger partial charge on any atom is -0.350 e. The maximum atomic E-state index is 13.1. The first-order valence-corrected chi connectivity index (χ1v) is 10.8. The van der Waals surface area contributed by atoms with Crippen molar-refractivity contribution in [1.29, 1.82) is 0 Å². The Hall–Kier alpha value is -4.66. The van der Waals surface area contributed by atoms with E-state index < -0.39 is 6.04 Å². The number of aryl methyl sites for hydroxylation is 1. The second kappa shape index (κ2) is 9.07. The highest BCUT2D eigenvalue weighted by Crippen LogP contribution is 2.21. The van der Waals surface area contributed by atoms with Gasteiger partial charge in [-0.05, 0) is 47.5 Å². The minimum atomic E-state index is -0.476. The van der Waals surface area contributed by atoms with Crippen molar-refractivity contribution in [3.8, 4) is 0 Å². The number of carbonyl (C=O) groups is 2. The average Bonchev–Trinajstić information content (AvgIpc) is 3.35. The lowest BCUT2D eigenvalue weighted by atomic mass is 10.0. The first-order valence-electron chi connectivity index (χ1n) is 10.8. The molecule has 9 heteroatoms. The van der Waals surface area contributed by atoms with Gasteiger partial charge in [0.2, 0.25) is 0 Å². The fraction of sp³-hybridized carbons (Fsp3) is 0.120. The van der Waals surface area contributed by atoms with E-state index in [-0.39, 0.29) is 18.4 Å². The molecule has 9 nitrogen and oxygen atoms in total. The SMILES string of the molecule is Cc1nnccc1C(=O)NC(CNC(=O)c1cccn2nncc12)c1ccc2ccccc2c1. The normalized spacial score (nSPS) is 11.9. The smallest absolute Gasteiger partial charge is 0.253 e. The number of pyridine rings is 1. The highest BCUT2D eigenvalue weighted by Gasteiger charge is 2.20. The molecule has 0 fully saturated rings. The van der Waals surface area contributed by atoms with E-state index in [0.29, 0.717) is 22.3 Å². The number of nitrogens with one attached hydrogen (secondary N) is 2. The minimum absolute atomic E-state index is 0.184. The molecule has 0 radical (unpaired) electrons. The van der Waals surface area contributed by atoms with E-state index in [0.717, 1.165) is 16.3 Å². The summed E-state index contributed by atoms with van der Waals surface area (Å²) in [5.41, 5.74) is 2.88. The number of aromatic nitrogens is 5. The van der Waals surface area contributed by atoms with Gasteiger partial charge in [-0.15, -0.1) is 5.10 Å². The van der Waals surface area contributed by atoms with Crippen molar-refractivity contribution >= 4 is 28.1 Å². The Bertz CT molecular complexity index is 1510. The molecular formula is C25H21N7O2. The summed E-state index contributed by atoms with van der Waals surface area (Å²) in [6.07, 6.45) is 4.74. The molecule has 0 aliphatic carbocycles. The second-order valence-electron chi connectivity index (χ2n) is 7.86. The molecule has 34 heavy (non-hydrogen) atoms. The van der Waals surface area contributed by atoms with Crippen LogP contribution < -0.4 is 10.6 Å². The van der Waals surface area contributed by atoms with Gasteiger partial charge in [-0.3, -0.25) is 9.59 Å². The molecule has 0 spiro atoms. The lowest BCUT2D eigenvalue weighted by Gasteiger charge is -2.21. The Kier molecular flexibility index (Phi) is 5.65. The third-order valence-electron chi connectivity index (χ3n) is 5.68. The zero-order chi connectivity index (χ0) is 23.5. The van der Waals surface area contributed by atoms with Gasteiger partial charge in [0, 0.05) is 12.7 Å². The van der Waals surface area contributed by atoms with E-state index in [9.17, 15) is 9.59 Å². The zero-order valence-corrected chi connectivity index (χ0v) is 18.3. The van der Waals surface area contributed by atoms with E-state index >= 15 is 0 Å². The van der Waals surface area contributed by atoms with Gasteiger partial charge in [-0.2, -0.15) is 10.2 Å². The van der Waals surface area contributed by atoms with Gasteiger partial charge >= 0.3 is 0 Å². The first kappa shape index (κ1) is 21.2. The maximum Gasteiger partial charge on any atom is 0.253 e. The van der Waals surface area contributed by atoms with Crippen molar-refractivity contribution in [2.24, 2.45) is 0 Å². The third kappa shape index (κ3) is 4.18. The van der Waals surface area contributed by atoms with Crippen LogP contribution in [0.15, 0.2) is 79.3 Å². The number of hydrogen-bond donors (Lipinski definition) is 2. The summed E-state index contributed by atoms with van der Waals surface area (Å²) in [7, 11) is 0. The number of benzene rings is 2. The number of carbonyl (C=O) groups excluding carboxylic acids is 2. The predicted molar refractivity (Wildman–Crippen MR) is 126 cm³/mol. The van der Waals surface area contributed by atoms with Crippen molar-refractivity contribution < 1.29 is 9.59 Å². The molecule has 5 aromatic rings. The van der Waals surface area contributed by atoms with Crippen LogP contribution in [0.25, 0.3) is 16.3 Å². The Morgan fingerprint density at radius 2 is 1.79 bits per heavy atom. The summed E-state index contributed by atoms with van der Waals surface area (Å²) in [4.78, 5) is 26.1. The molecule has 0 saturated carbocycles. The summed E-state index contributed by atoms with van der Waals surface area (Å²) in [5, 5.41) is 23.7. The van der Waals surface area contributed by atoms with E-state index in [2.05, 4.69) is 31.1 Å². The molecule has 0 bridgehead atoms. The molecule has 168 valence electrons. The molecule has 3 heterocycles. The standard InChI is InChI=1S/C25H21N7O2/c1-16-20(10-11-27-30-16)25(34)29-22(19-9-8-17-5-2-3-6-18(17)13-19)14-26-24(33)21-7-4-12-32-23(21)15-28-31-32/h2-13,15,22H,14H2,1H3,(H,26,33)(H,29,34). The van der Waals surface area contributed by atoms with Crippen LogP contribution in [0.2, 0.25) is 0 Å². The van der Waals surface area contributed by atoms with E-state index in [1.54, 1.807) is 31.3 Å². The quantitative estimate of drug-likeness (QED) is 0.410. The van der Waals surface area contributed by atoms with Crippen LogP contribution in [0.4, 0.5) is 0 Å². The topological polar surface area (TPSA) is 114 Å². The number of fused-ring (bicyclic) bond motifs is 2. The van der Waals surface area contributed by atoms with Crippen LogP contribution in [0.5, 0.6) is 0 Å². The second-order valence-corrected chi connectivity index (χ2v) is 7.86. The van der Waals surface area contributed by atoms with Crippen LogP contribution >= 0.6 is 0 Å². The van der Waals surface area contributed by atoms with Gasteiger partial charge in [0.25, 0.3) is 11.8 Å². The van der Waals surface area contributed by atoms with Gasteiger partial charge < -0.3 is 10.6 Å². The zero-order valence-electron chi connectivity index (χ0n) is 18.3. The van der Waals surface area contributed by atoms with Crippen LogP contribution in [-0.4, -0.2) is 43.4 Å². The number of hydrogen-bond acceptors (Lipinski definition) is 6. The fourth-order valence-electron chi connectivity index (χ4n) is 3.89. The van der Waals surface area contributed by atoms with E-state index in [1.807, 2.05) is 42.5 Å². The average molecular weight is 451 g/mol. The van der Waals surface area contributed by atoms with Crippen LogP contribution in [-0.2, 0) is 0 Å². The Morgan fingerprint density at radius 3 is 2.65 bits per heavy atom. The molecule has 1 atom stereocenters. The van der Waals surface area contributed by atoms with Crippen molar-refractivity contribution in [2.45, 2.75) is 13.0 Å². The van der Waals surface area contributed by atoms with E-state index in [1.165, 1.54) is 16.9 Å². The Morgan fingerprint density at radius 1 is 0.941 bits per heavy atom. The summed E-state index contributed by atoms with van der Waals surface area (Å²) >= 11 is 0. The van der Waals surface area contributed by atoms with Crippen molar-refractivity contribution in [2.75, 3.05) is 6.54 Å². The number of nitrogens with zero attached hydrogens (tertiary/aromatic N) is 5. The highest BCUT2D eigenvalue weighted by molar-refractivity contribution is 6.00. The summed E-state index contributed by atoms with van der Waals surface area (Å²) in [6.45, 7) is 1.91. The molecule has 3 aromatic heterocycles. The summed E-state index contributed by atoms with van der Waals surface area (Å²) in [5.74, 6) is -0.573. The van der Waals surface area contributed by atoms with Gasteiger partial charge in [0.05, 0.1) is 40.8 Å². The first-order chi connectivity index (χ1) is 16.6. The van der Waals surface area contributed by atoms with Gasteiger partial charge in [0.15, 0.2) is 0 Å². The molecular weight excluding hydrogens is 430 g/mol. The largest absolute Gasteiger partial charge is 0.350 e. The molecule has 5 rings (SSSR count). The lowest BCUT2D eigenvalue weighted by molar-refractivity contribution is 0.0908. The monoisotopic (exact) mass is 451 g/mol. The van der Waals surface area contributed by atoms with Gasteiger partial charge in [-0.25, -0.2) is 4.52 Å². The molecule has 2 aromatic carbocycles. The van der Waals surface area contributed by atoms with Crippen LogP contribution in [0.3, 0.4) is 0 Å². The Balaban J connectivity index is 1.43. The fourth-order valence-corrected chi connectivity index (χ4v) is 3.89. The molecule has 2 N–H and O–H groups in total. The Labute approximate surface area is 194 Å². The van der Waals surface area contributed by atoms with Crippen molar-refractivity contribution in [1.82, 2.24) is 35.7 Å². The van der Waals surface area contributed by atoms with Crippen LogP contribution in [0, 0.1) is 6.92 Å². The maximum absolute atomic E-state index is 13.1. The highest BCUT2D eigenvalue weighted by atomic mass is 16.2. The van der Waals surface area contributed by atoms with Crippen molar-refractivity contribution in [3.63, 3.8) is 0 Å². The molecule has 0 aliphatic rings. The van der Waals surface area contributed by atoms with Gasteiger partial charge in [-0.1, -0.05) is 41.6 Å². The molecule has 0 saturated heterocycles. The van der Waals surface area contributed by atoms with E-state index in [4.69, 9.17) is 0 Å². The molecule has 0 aliphatic heterocycles. The van der Waals surface area contributed by atoms with Crippen LogP contribution in [0.1, 0.15) is 38.0 Å².